The third-order valence-electron chi connectivity index (χ3n) is 8.99. The van der Waals surface area contributed by atoms with Crippen molar-refractivity contribution in [2.45, 2.75) is 57.0 Å². The molecule has 0 saturated carbocycles. The van der Waals surface area contributed by atoms with Crippen LogP contribution >= 0.6 is 0 Å². The minimum absolute atomic E-state index is 0.0520. The lowest BCUT2D eigenvalue weighted by Gasteiger charge is -2.42. The lowest BCUT2D eigenvalue weighted by atomic mass is 9.85. The maximum absolute atomic E-state index is 14.4. The van der Waals surface area contributed by atoms with Crippen LogP contribution in [0.15, 0.2) is 71.3 Å². The van der Waals surface area contributed by atoms with Crippen LogP contribution in [0.25, 0.3) is 0 Å². The highest BCUT2D eigenvalue weighted by Gasteiger charge is 2.54. The fourth-order valence-electron chi connectivity index (χ4n) is 6.42. The predicted molar refractivity (Wildman–Crippen MR) is 159 cm³/mol. The van der Waals surface area contributed by atoms with Crippen LogP contribution in [-0.4, -0.2) is 60.1 Å². The Bertz CT molecular complexity index is 1940. The van der Waals surface area contributed by atoms with Gasteiger partial charge in [0.1, 0.15) is 42.3 Å². The van der Waals surface area contributed by atoms with E-state index in [9.17, 15) is 27.6 Å². The molecular weight excluding hydrogens is 619 g/mol. The van der Waals surface area contributed by atoms with Crippen LogP contribution in [0, 0.1) is 17.5 Å². The summed E-state index contributed by atoms with van der Waals surface area (Å²) in [5.41, 5.74) is -2.22. The zero-order chi connectivity index (χ0) is 32.9. The number of halogens is 3. The zero-order valence-corrected chi connectivity index (χ0v) is 25.0. The minimum Gasteiger partial charge on any atom is -0.483 e. The van der Waals surface area contributed by atoms with Gasteiger partial charge in [-0.3, -0.25) is 19.0 Å². The van der Waals surface area contributed by atoms with E-state index in [1.54, 1.807) is 33.7 Å². The number of nitrogens with zero attached hydrogens (tertiary/aromatic N) is 6. The number of carbonyl (C=O) groups is 2. The molecule has 15 heteroatoms. The number of amides is 2. The highest BCUT2D eigenvalue weighted by molar-refractivity contribution is 5.99. The van der Waals surface area contributed by atoms with Crippen molar-refractivity contribution in [2.75, 3.05) is 6.54 Å². The van der Waals surface area contributed by atoms with E-state index < -0.39 is 64.0 Å². The Kier molecular flexibility index (Phi) is 7.53. The summed E-state index contributed by atoms with van der Waals surface area (Å²) in [6.07, 6.45) is 5.60. The van der Waals surface area contributed by atoms with Crippen LogP contribution in [-0.2, 0) is 18.0 Å². The number of rotatable bonds is 6. The van der Waals surface area contributed by atoms with Crippen molar-refractivity contribution in [1.82, 2.24) is 29.5 Å². The summed E-state index contributed by atoms with van der Waals surface area (Å²) in [7, 11) is 0. The van der Waals surface area contributed by atoms with Gasteiger partial charge in [0.15, 0.2) is 22.9 Å². The maximum Gasteiger partial charge on any atom is 0.274 e. The second-order valence-corrected chi connectivity index (χ2v) is 11.8. The van der Waals surface area contributed by atoms with Gasteiger partial charge in [0.25, 0.3) is 11.8 Å². The molecule has 0 aliphatic carbocycles. The number of aromatic nitrogens is 4. The molecule has 3 aliphatic heterocycles. The molecule has 1 saturated heterocycles. The number of hydrogen-bond acceptors (Lipinski definition) is 8. The second kappa shape index (κ2) is 11.7. The van der Waals surface area contributed by atoms with Crippen molar-refractivity contribution in [3.8, 4) is 5.75 Å². The first kappa shape index (κ1) is 30.2. The van der Waals surface area contributed by atoms with Gasteiger partial charge < -0.3 is 24.4 Å². The predicted octanol–water partition coefficient (Wildman–Crippen LogP) is 3.57. The maximum atomic E-state index is 14.4. The van der Waals surface area contributed by atoms with Crippen LogP contribution in [0.3, 0.4) is 0 Å². The summed E-state index contributed by atoms with van der Waals surface area (Å²) < 4.78 is 51.4. The van der Waals surface area contributed by atoms with Crippen LogP contribution < -0.4 is 15.5 Å². The number of benzene rings is 2. The van der Waals surface area contributed by atoms with E-state index in [-0.39, 0.29) is 30.6 Å². The van der Waals surface area contributed by atoms with E-state index in [1.807, 2.05) is 13.0 Å². The average Bonchev–Trinajstić information content (AvgIpc) is 3.72. The molecule has 0 radical (unpaired) electrons. The SMILES string of the molecule is C[C@H]1CC[C@]2(CC(n3cnnc3)=NO2)[C@H]2CN1C(=O)c1c(OCc3ccccc3)c(=O)c(C(=O)NCc3c(F)cc(F)cc3F)cn12. The van der Waals surface area contributed by atoms with Gasteiger partial charge in [0.05, 0.1) is 12.5 Å². The zero-order valence-electron chi connectivity index (χ0n) is 25.0. The average molecular weight is 648 g/mol. The number of oxime groups is 1. The number of fused-ring (bicyclic) bond motifs is 5. The van der Waals surface area contributed by atoms with Gasteiger partial charge in [-0.2, -0.15) is 0 Å². The van der Waals surface area contributed by atoms with Crippen molar-refractivity contribution < 1.29 is 32.3 Å². The number of ether oxygens (including phenoxy) is 1. The van der Waals surface area contributed by atoms with Crippen molar-refractivity contribution in [3.63, 3.8) is 0 Å². The largest absolute Gasteiger partial charge is 0.483 e. The molecule has 4 aromatic rings. The Balaban J connectivity index is 1.32. The highest BCUT2D eigenvalue weighted by Crippen LogP contribution is 2.46. The monoisotopic (exact) mass is 647 g/mol. The molecule has 242 valence electrons. The molecule has 1 spiro atoms. The van der Waals surface area contributed by atoms with Gasteiger partial charge in [-0.15, -0.1) is 10.2 Å². The summed E-state index contributed by atoms with van der Waals surface area (Å²) in [6.45, 7) is 1.34. The number of carbonyl (C=O) groups excluding carboxylic acids is 2. The fourth-order valence-corrected chi connectivity index (χ4v) is 6.42. The first-order valence-corrected chi connectivity index (χ1v) is 14.9. The molecule has 2 aromatic carbocycles. The molecule has 2 bridgehead atoms. The molecule has 2 aromatic heterocycles. The Morgan fingerprint density at radius 1 is 1.11 bits per heavy atom. The van der Waals surface area contributed by atoms with Crippen molar-refractivity contribution in [1.29, 1.82) is 0 Å². The molecule has 12 nitrogen and oxygen atoms in total. The quantitative estimate of drug-likeness (QED) is 0.339. The van der Waals surface area contributed by atoms with E-state index >= 15 is 0 Å². The van der Waals surface area contributed by atoms with Gasteiger partial charge in [0.2, 0.25) is 5.43 Å². The van der Waals surface area contributed by atoms with E-state index in [1.165, 1.54) is 23.4 Å². The highest BCUT2D eigenvalue weighted by atomic mass is 19.1. The standard InChI is InChI=1S/C32H28F3N7O5/c1-18-7-8-32(11-26(39-47-32)40-16-37-38-17-40)25-14-41(18)31(45)27-29(46-15-19-5-3-2-4-6-19)28(43)22(13-42(25)27)30(44)36-12-21-23(34)9-20(33)10-24(21)35/h2-6,9-10,13,16-18,25H,7-8,11-12,14-15H2,1H3,(H,36,44)/t18-,25+,32-/m0/s1. The van der Waals surface area contributed by atoms with Crippen LogP contribution in [0.2, 0.25) is 0 Å². The molecule has 0 unspecified atom stereocenters. The summed E-state index contributed by atoms with van der Waals surface area (Å²) in [5, 5.41) is 14.4. The van der Waals surface area contributed by atoms with E-state index in [0.29, 0.717) is 42.8 Å². The van der Waals surface area contributed by atoms with Gasteiger partial charge in [-0.25, -0.2) is 13.2 Å². The first-order valence-electron chi connectivity index (χ1n) is 14.9. The molecule has 3 atom stereocenters. The topological polar surface area (TPSA) is 133 Å². The molecular formula is C32H28F3N7O5. The smallest absolute Gasteiger partial charge is 0.274 e. The third kappa shape index (κ3) is 5.30. The van der Waals surface area contributed by atoms with Crippen LogP contribution in [0.4, 0.5) is 13.2 Å². The molecule has 47 heavy (non-hydrogen) atoms. The Hall–Kier alpha value is -5.47. The van der Waals surface area contributed by atoms with Gasteiger partial charge >= 0.3 is 0 Å². The lowest BCUT2D eigenvalue weighted by Crippen LogP contribution is -2.52. The van der Waals surface area contributed by atoms with E-state index in [2.05, 4.69) is 20.7 Å². The molecule has 5 heterocycles. The Morgan fingerprint density at radius 3 is 2.55 bits per heavy atom. The first-order chi connectivity index (χ1) is 22.6. The third-order valence-corrected chi connectivity index (χ3v) is 8.99. The lowest BCUT2D eigenvalue weighted by molar-refractivity contribution is -0.0656. The molecule has 7 rings (SSSR count). The van der Waals surface area contributed by atoms with Crippen LogP contribution in [0.5, 0.6) is 5.75 Å². The van der Waals surface area contributed by atoms with Crippen LogP contribution in [0.1, 0.15) is 64.2 Å². The van der Waals surface area contributed by atoms with E-state index in [0.717, 1.165) is 0 Å². The molecule has 1 N–H and O–H groups in total. The summed E-state index contributed by atoms with van der Waals surface area (Å²) >= 11 is 0. The number of hydrogen-bond donors (Lipinski definition) is 1. The molecule has 2 amide bonds. The summed E-state index contributed by atoms with van der Waals surface area (Å²) in [5.74, 6) is -4.73. The summed E-state index contributed by atoms with van der Waals surface area (Å²) in [4.78, 5) is 49.5. The van der Waals surface area contributed by atoms with Gasteiger partial charge in [-0.05, 0) is 25.3 Å². The fraction of sp³-hybridized carbons (Fsp3) is 0.312. The van der Waals surface area contributed by atoms with Crippen molar-refractivity contribution in [3.05, 3.63) is 111 Å². The molecule has 3 aliphatic rings. The number of nitrogens with one attached hydrogen (secondary N) is 1. The normalized spacial score (nSPS) is 21.6. The van der Waals surface area contributed by atoms with Gasteiger partial charge in [-0.1, -0.05) is 35.5 Å². The van der Waals surface area contributed by atoms with Gasteiger partial charge in [0, 0.05) is 43.0 Å². The van der Waals surface area contributed by atoms with E-state index in [4.69, 9.17) is 9.57 Å². The number of pyridine rings is 1. The minimum atomic E-state index is -1.20. The van der Waals surface area contributed by atoms with Crippen molar-refractivity contribution in [2.24, 2.45) is 5.16 Å². The summed E-state index contributed by atoms with van der Waals surface area (Å²) in [6, 6.07) is 9.11. The Morgan fingerprint density at radius 2 is 1.83 bits per heavy atom. The van der Waals surface area contributed by atoms with Crippen molar-refractivity contribution >= 4 is 17.6 Å². The molecule has 1 fully saturated rings. The Labute approximate surface area is 265 Å². The second-order valence-electron chi connectivity index (χ2n) is 11.8.